The number of benzene rings is 2. The molecule has 0 bridgehead atoms. The molecule has 3 nitrogen and oxygen atoms in total. The molecule has 3 heteroatoms. The summed E-state index contributed by atoms with van der Waals surface area (Å²) in [5.74, 6) is -0.370. The Hall–Kier alpha value is -2.13. The number of carbonyl (C=O) groups excluding carboxylic acids is 1. The first-order chi connectivity index (χ1) is 9.72. The van der Waals surface area contributed by atoms with E-state index in [0.29, 0.717) is 6.42 Å². The lowest BCUT2D eigenvalue weighted by molar-refractivity contribution is -0.149. The van der Waals surface area contributed by atoms with Gasteiger partial charge in [-0.1, -0.05) is 67.6 Å². The van der Waals surface area contributed by atoms with Crippen LogP contribution in [0.4, 0.5) is 0 Å². The van der Waals surface area contributed by atoms with Gasteiger partial charge in [0, 0.05) is 0 Å². The summed E-state index contributed by atoms with van der Waals surface area (Å²) < 4.78 is 5.61. The summed E-state index contributed by atoms with van der Waals surface area (Å²) in [5, 5.41) is 0. The van der Waals surface area contributed by atoms with E-state index >= 15 is 0 Å². The van der Waals surface area contributed by atoms with Crippen molar-refractivity contribution < 1.29 is 9.53 Å². The molecule has 0 aliphatic rings. The Morgan fingerprint density at radius 1 is 1.00 bits per heavy atom. The van der Waals surface area contributed by atoms with Gasteiger partial charge in [-0.25, -0.2) is 0 Å². The van der Waals surface area contributed by atoms with Gasteiger partial charge in [-0.05, 0) is 17.5 Å². The molecule has 2 rings (SSSR count). The van der Waals surface area contributed by atoms with E-state index in [1.807, 2.05) is 67.6 Å². The molecule has 20 heavy (non-hydrogen) atoms. The minimum absolute atomic E-state index is 0.370. The van der Waals surface area contributed by atoms with Crippen molar-refractivity contribution in [2.24, 2.45) is 5.73 Å². The molecule has 1 atom stereocenters. The van der Waals surface area contributed by atoms with Crippen molar-refractivity contribution in [1.82, 2.24) is 0 Å². The lowest BCUT2D eigenvalue weighted by Gasteiger charge is -2.20. The van der Waals surface area contributed by atoms with E-state index in [2.05, 4.69) is 0 Å². The Bertz CT molecular complexity index is 500. The third-order valence-corrected chi connectivity index (χ3v) is 3.18. The summed E-state index contributed by atoms with van der Waals surface area (Å²) in [6, 6.07) is 18.8. The lowest BCUT2D eigenvalue weighted by atomic mass is 10.0. The summed E-state index contributed by atoms with van der Waals surface area (Å²) in [6.07, 6.45) is 0.150. The van der Waals surface area contributed by atoms with E-state index in [9.17, 15) is 4.79 Å². The van der Waals surface area contributed by atoms with Gasteiger partial charge in [0.15, 0.2) is 6.10 Å². The van der Waals surface area contributed by atoms with Crippen LogP contribution in [0.25, 0.3) is 0 Å². The third-order valence-electron chi connectivity index (χ3n) is 3.18. The maximum absolute atomic E-state index is 12.0. The Morgan fingerprint density at radius 2 is 1.45 bits per heavy atom. The normalized spacial score (nSPS) is 12.2. The highest BCUT2D eigenvalue weighted by Gasteiger charge is 2.21. The molecule has 1 unspecified atom stereocenters. The monoisotopic (exact) mass is 269 g/mol. The first-order valence-electron chi connectivity index (χ1n) is 6.78. The minimum atomic E-state index is -0.579. The number of ether oxygens (including phenoxy) is 1. The van der Waals surface area contributed by atoms with Crippen LogP contribution in [0, 0.1) is 0 Å². The zero-order valence-electron chi connectivity index (χ0n) is 11.5. The number of hydrogen-bond acceptors (Lipinski definition) is 3. The molecule has 2 aromatic carbocycles. The molecule has 0 saturated heterocycles. The predicted octanol–water partition coefficient (Wildman–Crippen LogP) is 3.06. The summed E-state index contributed by atoms with van der Waals surface area (Å²) in [5.41, 5.74) is 7.63. The number of hydrogen-bond donors (Lipinski definition) is 1. The van der Waals surface area contributed by atoms with Crippen molar-refractivity contribution in [2.45, 2.75) is 25.5 Å². The van der Waals surface area contributed by atoms with Crippen LogP contribution in [0.5, 0.6) is 0 Å². The Balaban J connectivity index is 2.28. The molecule has 0 saturated carbocycles. The molecule has 0 amide bonds. The average Bonchev–Trinajstić information content (AvgIpc) is 2.53. The van der Waals surface area contributed by atoms with Gasteiger partial charge in [-0.3, -0.25) is 4.79 Å². The highest BCUT2D eigenvalue weighted by Crippen LogP contribution is 2.26. The van der Waals surface area contributed by atoms with Crippen LogP contribution < -0.4 is 5.73 Å². The van der Waals surface area contributed by atoms with E-state index in [1.54, 1.807) is 0 Å². The van der Waals surface area contributed by atoms with Gasteiger partial charge in [-0.2, -0.15) is 0 Å². The molecular weight excluding hydrogens is 250 g/mol. The first kappa shape index (κ1) is 14.3. The second kappa shape index (κ2) is 6.87. The fourth-order valence-corrected chi connectivity index (χ4v) is 1.95. The van der Waals surface area contributed by atoms with Gasteiger partial charge in [0.25, 0.3) is 0 Å². The van der Waals surface area contributed by atoms with Crippen LogP contribution in [-0.2, 0) is 9.53 Å². The van der Waals surface area contributed by atoms with E-state index in [-0.39, 0.29) is 5.97 Å². The summed E-state index contributed by atoms with van der Waals surface area (Å²) in [7, 11) is 0. The van der Waals surface area contributed by atoms with E-state index < -0.39 is 12.1 Å². The molecule has 0 aliphatic carbocycles. The van der Waals surface area contributed by atoms with Gasteiger partial charge >= 0.3 is 5.97 Å². The van der Waals surface area contributed by atoms with Crippen molar-refractivity contribution in [2.75, 3.05) is 0 Å². The van der Waals surface area contributed by atoms with E-state index in [1.165, 1.54) is 0 Å². The second-order valence-corrected chi connectivity index (χ2v) is 4.65. The number of carbonyl (C=O) groups is 1. The molecule has 0 aromatic heterocycles. The molecule has 2 N–H and O–H groups in total. The van der Waals surface area contributed by atoms with Crippen molar-refractivity contribution in [3.8, 4) is 0 Å². The molecule has 2 aromatic rings. The maximum Gasteiger partial charge on any atom is 0.323 e. The summed E-state index contributed by atoms with van der Waals surface area (Å²) in [4.78, 5) is 12.0. The standard InChI is InChI=1S/C17H19NO2/c1-2-15(18)17(19)20-16(13-9-5-3-6-10-13)14-11-7-4-8-12-14/h3-12,15-16H,2,18H2,1H3. The fraction of sp³-hybridized carbons (Fsp3) is 0.235. The van der Waals surface area contributed by atoms with Crippen LogP contribution >= 0.6 is 0 Å². The quantitative estimate of drug-likeness (QED) is 0.849. The highest BCUT2D eigenvalue weighted by atomic mass is 16.5. The van der Waals surface area contributed by atoms with Gasteiger partial charge in [0.1, 0.15) is 6.04 Å². The Kier molecular flexibility index (Phi) is 4.91. The van der Waals surface area contributed by atoms with E-state index in [4.69, 9.17) is 10.5 Å². The molecule has 0 spiro atoms. The SMILES string of the molecule is CCC(N)C(=O)OC(c1ccccc1)c1ccccc1. The van der Waals surface area contributed by atoms with Gasteiger partial charge < -0.3 is 10.5 Å². The highest BCUT2D eigenvalue weighted by molar-refractivity contribution is 5.76. The second-order valence-electron chi connectivity index (χ2n) is 4.65. The Labute approximate surface area is 119 Å². The van der Waals surface area contributed by atoms with Crippen molar-refractivity contribution in [3.63, 3.8) is 0 Å². The Morgan fingerprint density at radius 3 is 1.85 bits per heavy atom. The molecule has 0 aliphatic heterocycles. The fourth-order valence-electron chi connectivity index (χ4n) is 1.95. The number of nitrogens with two attached hydrogens (primary N) is 1. The molecular formula is C17H19NO2. The van der Waals surface area contributed by atoms with Crippen LogP contribution in [0.2, 0.25) is 0 Å². The number of rotatable bonds is 5. The van der Waals surface area contributed by atoms with Gasteiger partial charge in [0.05, 0.1) is 0 Å². The first-order valence-corrected chi connectivity index (χ1v) is 6.78. The van der Waals surface area contributed by atoms with E-state index in [0.717, 1.165) is 11.1 Å². The smallest absolute Gasteiger partial charge is 0.323 e. The molecule has 0 radical (unpaired) electrons. The van der Waals surface area contributed by atoms with Crippen molar-refractivity contribution in [1.29, 1.82) is 0 Å². The topological polar surface area (TPSA) is 52.3 Å². The van der Waals surface area contributed by atoms with Crippen molar-refractivity contribution in [3.05, 3.63) is 71.8 Å². The number of esters is 1. The van der Waals surface area contributed by atoms with Crippen molar-refractivity contribution >= 4 is 5.97 Å². The van der Waals surface area contributed by atoms with Crippen LogP contribution in [0.3, 0.4) is 0 Å². The minimum Gasteiger partial charge on any atom is -0.451 e. The zero-order chi connectivity index (χ0) is 14.4. The van der Waals surface area contributed by atoms with Gasteiger partial charge in [-0.15, -0.1) is 0 Å². The predicted molar refractivity (Wildman–Crippen MR) is 79.1 cm³/mol. The van der Waals surface area contributed by atoms with Gasteiger partial charge in [0.2, 0.25) is 0 Å². The molecule has 0 fully saturated rings. The van der Waals surface area contributed by atoms with Crippen LogP contribution in [-0.4, -0.2) is 12.0 Å². The molecule has 104 valence electrons. The summed E-state index contributed by atoms with van der Waals surface area (Å²) in [6.45, 7) is 1.87. The third kappa shape index (κ3) is 3.45. The van der Waals surface area contributed by atoms with Crippen LogP contribution in [0.1, 0.15) is 30.6 Å². The average molecular weight is 269 g/mol. The van der Waals surface area contributed by atoms with Crippen LogP contribution in [0.15, 0.2) is 60.7 Å². The summed E-state index contributed by atoms with van der Waals surface area (Å²) >= 11 is 0. The maximum atomic E-state index is 12.0. The molecule has 0 heterocycles. The lowest BCUT2D eigenvalue weighted by Crippen LogP contribution is -2.32. The zero-order valence-corrected chi connectivity index (χ0v) is 11.5. The largest absolute Gasteiger partial charge is 0.451 e.